The van der Waals surface area contributed by atoms with Crippen molar-refractivity contribution in [3.05, 3.63) is 54.1 Å². The molecule has 4 heteroatoms. The van der Waals surface area contributed by atoms with E-state index in [9.17, 15) is 0 Å². The first kappa shape index (κ1) is 12.8. The normalized spacial score (nSPS) is 11.1. The van der Waals surface area contributed by atoms with E-state index in [1.54, 1.807) is 0 Å². The number of benzene rings is 1. The lowest BCUT2D eigenvalue weighted by atomic mass is 10.2. The highest BCUT2D eigenvalue weighted by atomic mass is 15.2. The Morgan fingerprint density at radius 1 is 1.22 bits per heavy atom. The molecule has 2 aromatic rings. The predicted octanol–water partition coefficient (Wildman–Crippen LogP) is 1.38. The van der Waals surface area contributed by atoms with Gasteiger partial charge in [-0.25, -0.2) is 4.98 Å². The third kappa shape index (κ3) is 3.42. The maximum absolute atomic E-state index is 5.69. The van der Waals surface area contributed by atoms with Crippen molar-refractivity contribution in [1.29, 1.82) is 0 Å². The van der Waals surface area contributed by atoms with Crippen LogP contribution in [0.25, 0.3) is 0 Å². The number of aryl methyl sites for hydroxylation is 1. The van der Waals surface area contributed by atoms with Gasteiger partial charge in [0.2, 0.25) is 0 Å². The molecule has 0 fully saturated rings. The molecule has 0 unspecified atom stereocenters. The first-order chi connectivity index (χ1) is 8.79. The SMILES string of the molecule is Cn1cncc1CN(CCN)Cc1ccccc1. The molecular weight excluding hydrogens is 224 g/mol. The van der Waals surface area contributed by atoms with E-state index in [2.05, 4.69) is 38.7 Å². The Morgan fingerprint density at radius 2 is 2.00 bits per heavy atom. The molecule has 0 bridgehead atoms. The summed E-state index contributed by atoms with van der Waals surface area (Å²) < 4.78 is 2.05. The van der Waals surface area contributed by atoms with Gasteiger partial charge in [-0.2, -0.15) is 0 Å². The Kier molecular flexibility index (Phi) is 4.50. The molecule has 4 nitrogen and oxygen atoms in total. The average molecular weight is 244 g/mol. The molecule has 0 aliphatic carbocycles. The van der Waals surface area contributed by atoms with Crippen LogP contribution in [0.5, 0.6) is 0 Å². The van der Waals surface area contributed by atoms with E-state index in [4.69, 9.17) is 5.73 Å². The molecule has 0 saturated carbocycles. The minimum Gasteiger partial charge on any atom is -0.337 e. The monoisotopic (exact) mass is 244 g/mol. The fourth-order valence-corrected chi connectivity index (χ4v) is 2.00. The molecule has 18 heavy (non-hydrogen) atoms. The number of rotatable bonds is 6. The molecule has 0 amide bonds. The fourth-order valence-electron chi connectivity index (χ4n) is 2.00. The van der Waals surface area contributed by atoms with E-state index in [0.717, 1.165) is 19.6 Å². The third-order valence-corrected chi connectivity index (χ3v) is 3.00. The summed E-state index contributed by atoms with van der Waals surface area (Å²) in [7, 11) is 2.02. The van der Waals surface area contributed by atoms with Gasteiger partial charge in [0.1, 0.15) is 0 Å². The van der Waals surface area contributed by atoms with Crippen LogP contribution in [0.3, 0.4) is 0 Å². The Balaban J connectivity index is 2.02. The second-order valence-corrected chi connectivity index (χ2v) is 4.48. The molecule has 0 spiro atoms. The van der Waals surface area contributed by atoms with Crippen LogP contribution in [0.15, 0.2) is 42.9 Å². The topological polar surface area (TPSA) is 47.1 Å². The van der Waals surface area contributed by atoms with Gasteiger partial charge in [0.05, 0.1) is 12.0 Å². The summed E-state index contributed by atoms with van der Waals surface area (Å²) in [4.78, 5) is 6.49. The van der Waals surface area contributed by atoms with Gasteiger partial charge in [0.25, 0.3) is 0 Å². The van der Waals surface area contributed by atoms with Gasteiger partial charge in [-0.15, -0.1) is 0 Å². The van der Waals surface area contributed by atoms with Crippen molar-refractivity contribution in [1.82, 2.24) is 14.5 Å². The van der Waals surface area contributed by atoms with Crippen LogP contribution < -0.4 is 5.73 Å². The van der Waals surface area contributed by atoms with Crippen molar-refractivity contribution < 1.29 is 0 Å². The summed E-state index contributed by atoms with van der Waals surface area (Å²) in [6.45, 7) is 3.36. The summed E-state index contributed by atoms with van der Waals surface area (Å²) in [6, 6.07) is 10.5. The van der Waals surface area contributed by atoms with Gasteiger partial charge < -0.3 is 10.3 Å². The van der Waals surface area contributed by atoms with Crippen LogP contribution in [-0.2, 0) is 20.1 Å². The van der Waals surface area contributed by atoms with Crippen molar-refractivity contribution in [2.75, 3.05) is 13.1 Å². The highest BCUT2D eigenvalue weighted by Crippen LogP contribution is 2.08. The molecule has 1 heterocycles. The maximum Gasteiger partial charge on any atom is 0.0945 e. The molecule has 0 aliphatic heterocycles. The van der Waals surface area contributed by atoms with Crippen LogP contribution in [-0.4, -0.2) is 27.5 Å². The van der Waals surface area contributed by atoms with Crippen molar-refractivity contribution in [3.8, 4) is 0 Å². The average Bonchev–Trinajstić information content (AvgIpc) is 2.77. The smallest absolute Gasteiger partial charge is 0.0945 e. The van der Waals surface area contributed by atoms with Crippen LogP contribution >= 0.6 is 0 Å². The molecule has 2 rings (SSSR count). The highest BCUT2D eigenvalue weighted by molar-refractivity contribution is 5.14. The molecule has 0 atom stereocenters. The van der Waals surface area contributed by atoms with Crippen molar-refractivity contribution in [2.24, 2.45) is 12.8 Å². The Bertz CT molecular complexity index is 464. The molecular formula is C14H20N4. The van der Waals surface area contributed by atoms with Crippen molar-refractivity contribution in [2.45, 2.75) is 13.1 Å². The van der Waals surface area contributed by atoms with Gasteiger partial charge in [0, 0.05) is 39.4 Å². The molecule has 0 radical (unpaired) electrons. The van der Waals surface area contributed by atoms with Crippen LogP contribution in [0, 0.1) is 0 Å². The van der Waals surface area contributed by atoms with Crippen molar-refractivity contribution >= 4 is 0 Å². The number of imidazole rings is 1. The van der Waals surface area contributed by atoms with E-state index in [1.165, 1.54) is 11.3 Å². The second kappa shape index (κ2) is 6.33. The molecule has 1 aromatic carbocycles. The Labute approximate surface area is 108 Å². The molecule has 0 aliphatic rings. The van der Waals surface area contributed by atoms with E-state index in [0.29, 0.717) is 6.54 Å². The minimum atomic E-state index is 0.671. The van der Waals surface area contributed by atoms with Crippen LogP contribution in [0.2, 0.25) is 0 Å². The number of hydrogen-bond acceptors (Lipinski definition) is 3. The lowest BCUT2D eigenvalue weighted by Crippen LogP contribution is -2.29. The van der Waals surface area contributed by atoms with Gasteiger partial charge in [-0.3, -0.25) is 4.90 Å². The summed E-state index contributed by atoms with van der Waals surface area (Å²) in [6.07, 6.45) is 3.74. The molecule has 0 saturated heterocycles. The van der Waals surface area contributed by atoms with Crippen LogP contribution in [0.1, 0.15) is 11.3 Å². The van der Waals surface area contributed by atoms with Gasteiger partial charge in [0.15, 0.2) is 0 Å². The molecule has 1 aromatic heterocycles. The summed E-state index contributed by atoms with van der Waals surface area (Å²) in [5.41, 5.74) is 8.21. The lowest BCUT2D eigenvalue weighted by molar-refractivity contribution is 0.258. The zero-order chi connectivity index (χ0) is 12.8. The quantitative estimate of drug-likeness (QED) is 0.835. The van der Waals surface area contributed by atoms with E-state index in [-0.39, 0.29) is 0 Å². The van der Waals surface area contributed by atoms with E-state index in [1.807, 2.05) is 25.6 Å². The number of nitrogens with two attached hydrogens (primary N) is 1. The summed E-state index contributed by atoms with van der Waals surface area (Å²) >= 11 is 0. The van der Waals surface area contributed by atoms with Crippen molar-refractivity contribution in [3.63, 3.8) is 0 Å². The second-order valence-electron chi connectivity index (χ2n) is 4.48. The zero-order valence-electron chi connectivity index (χ0n) is 10.8. The number of hydrogen-bond donors (Lipinski definition) is 1. The standard InChI is InChI=1S/C14H20N4/c1-17-12-16-9-14(17)11-18(8-7-15)10-13-5-3-2-4-6-13/h2-6,9,12H,7-8,10-11,15H2,1H3. The summed E-state index contributed by atoms with van der Waals surface area (Å²) in [5, 5.41) is 0. The number of nitrogens with zero attached hydrogens (tertiary/aromatic N) is 3. The van der Waals surface area contributed by atoms with Gasteiger partial charge >= 0.3 is 0 Å². The first-order valence-electron chi connectivity index (χ1n) is 6.21. The van der Waals surface area contributed by atoms with Gasteiger partial charge in [-0.05, 0) is 5.56 Å². The highest BCUT2D eigenvalue weighted by Gasteiger charge is 2.08. The zero-order valence-corrected chi connectivity index (χ0v) is 10.8. The van der Waals surface area contributed by atoms with Crippen LogP contribution in [0.4, 0.5) is 0 Å². The van der Waals surface area contributed by atoms with E-state index >= 15 is 0 Å². The minimum absolute atomic E-state index is 0.671. The predicted molar refractivity (Wildman–Crippen MR) is 72.8 cm³/mol. The first-order valence-corrected chi connectivity index (χ1v) is 6.21. The maximum atomic E-state index is 5.69. The Morgan fingerprint density at radius 3 is 2.61 bits per heavy atom. The van der Waals surface area contributed by atoms with E-state index < -0.39 is 0 Å². The van der Waals surface area contributed by atoms with Gasteiger partial charge in [-0.1, -0.05) is 30.3 Å². The largest absolute Gasteiger partial charge is 0.337 e. The lowest BCUT2D eigenvalue weighted by Gasteiger charge is -2.21. The fraction of sp³-hybridized carbons (Fsp3) is 0.357. The molecule has 2 N–H and O–H groups in total. The Hall–Kier alpha value is -1.65. The summed E-state index contributed by atoms with van der Waals surface area (Å²) in [5.74, 6) is 0. The molecule has 96 valence electrons. The number of aromatic nitrogens is 2. The third-order valence-electron chi connectivity index (χ3n) is 3.00.